The van der Waals surface area contributed by atoms with Gasteiger partial charge in [-0.05, 0) is 55.3 Å². The maximum absolute atomic E-state index is 10.4. The van der Waals surface area contributed by atoms with Crippen LogP contribution in [0.2, 0.25) is 0 Å². The summed E-state index contributed by atoms with van der Waals surface area (Å²) in [6, 6.07) is 0. The number of hydrogen-bond acceptors (Lipinski definition) is 2. The molecule has 5 atom stereocenters. The molecule has 3 heteroatoms. The van der Waals surface area contributed by atoms with Crippen molar-refractivity contribution < 1.29 is 5.11 Å². The predicted molar refractivity (Wildman–Crippen MR) is 68.8 cm³/mol. The Labute approximate surface area is 108 Å². The number of imidazole rings is 1. The van der Waals surface area contributed by atoms with Crippen LogP contribution in [0.3, 0.4) is 0 Å². The lowest BCUT2D eigenvalue weighted by molar-refractivity contribution is 0.119. The summed E-state index contributed by atoms with van der Waals surface area (Å²) in [5.41, 5.74) is 0. The van der Waals surface area contributed by atoms with Gasteiger partial charge in [0.2, 0.25) is 0 Å². The Kier molecular flexibility index (Phi) is 2.35. The maximum atomic E-state index is 10.4. The number of hydrogen-bond donors (Lipinski definition) is 1. The van der Waals surface area contributed by atoms with Crippen molar-refractivity contribution in [1.29, 1.82) is 0 Å². The van der Waals surface area contributed by atoms with E-state index in [9.17, 15) is 5.11 Å². The first-order valence-corrected chi connectivity index (χ1v) is 7.40. The summed E-state index contributed by atoms with van der Waals surface area (Å²) in [5, 5.41) is 10.4. The van der Waals surface area contributed by atoms with Crippen molar-refractivity contribution in [3.8, 4) is 0 Å². The van der Waals surface area contributed by atoms with Gasteiger partial charge in [-0.2, -0.15) is 0 Å². The Hall–Kier alpha value is -0.830. The topological polar surface area (TPSA) is 38.0 Å². The highest BCUT2D eigenvalue weighted by molar-refractivity contribution is 5.14. The lowest BCUT2D eigenvalue weighted by Crippen LogP contribution is -2.17. The van der Waals surface area contributed by atoms with Gasteiger partial charge in [-0.15, -0.1) is 0 Å². The number of nitrogens with zero attached hydrogens (tertiary/aromatic N) is 2. The zero-order chi connectivity index (χ0) is 12.3. The Bertz CT molecular complexity index is 439. The molecule has 1 aromatic heterocycles. The average Bonchev–Trinajstić information content (AvgIpc) is 2.69. The normalized spacial score (nSPS) is 42.0. The van der Waals surface area contributed by atoms with Gasteiger partial charge in [0, 0.05) is 25.9 Å². The molecule has 18 heavy (non-hydrogen) atoms. The SMILES string of the molecule is Cn1ccnc1CCC(O)C1C2C3CCC(C3)C12. The number of aliphatic hydroxyl groups excluding tert-OH is 1. The van der Waals surface area contributed by atoms with Gasteiger partial charge in [0.1, 0.15) is 5.82 Å². The van der Waals surface area contributed by atoms with Crippen molar-refractivity contribution >= 4 is 0 Å². The Morgan fingerprint density at radius 3 is 2.72 bits per heavy atom. The van der Waals surface area contributed by atoms with Gasteiger partial charge in [0.15, 0.2) is 0 Å². The molecule has 2 bridgehead atoms. The molecule has 0 amide bonds. The van der Waals surface area contributed by atoms with Crippen molar-refractivity contribution in [3.63, 3.8) is 0 Å². The van der Waals surface area contributed by atoms with Gasteiger partial charge in [-0.3, -0.25) is 0 Å². The van der Waals surface area contributed by atoms with E-state index >= 15 is 0 Å². The van der Waals surface area contributed by atoms with Crippen LogP contribution in [0.5, 0.6) is 0 Å². The van der Waals surface area contributed by atoms with Gasteiger partial charge < -0.3 is 9.67 Å². The van der Waals surface area contributed by atoms with E-state index in [1.165, 1.54) is 19.3 Å². The Balaban J connectivity index is 1.36. The van der Waals surface area contributed by atoms with Gasteiger partial charge >= 0.3 is 0 Å². The summed E-state index contributed by atoms with van der Waals surface area (Å²) >= 11 is 0. The summed E-state index contributed by atoms with van der Waals surface area (Å²) in [5.74, 6) is 5.44. The average molecular weight is 246 g/mol. The number of fused-ring (bicyclic) bond motifs is 5. The van der Waals surface area contributed by atoms with E-state index in [0.29, 0.717) is 5.92 Å². The van der Waals surface area contributed by atoms with Crippen molar-refractivity contribution in [2.24, 2.45) is 36.6 Å². The van der Waals surface area contributed by atoms with Crippen molar-refractivity contribution in [1.82, 2.24) is 9.55 Å². The minimum absolute atomic E-state index is 0.0832. The molecule has 3 nitrogen and oxygen atoms in total. The molecule has 0 spiro atoms. The molecule has 5 unspecified atom stereocenters. The molecular weight excluding hydrogens is 224 g/mol. The Morgan fingerprint density at radius 2 is 2.11 bits per heavy atom. The van der Waals surface area contributed by atoms with Crippen molar-refractivity contribution in [2.45, 2.75) is 38.2 Å². The molecule has 0 aliphatic heterocycles. The van der Waals surface area contributed by atoms with E-state index in [2.05, 4.69) is 9.55 Å². The van der Waals surface area contributed by atoms with Crippen molar-refractivity contribution in [3.05, 3.63) is 18.2 Å². The van der Waals surface area contributed by atoms with Crippen LogP contribution in [0.25, 0.3) is 0 Å². The lowest BCUT2D eigenvalue weighted by Gasteiger charge is -2.15. The number of aryl methyl sites for hydroxylation is 2. The highest BCUT2D eigenvalue weighted by Crippen LogP contribution is 2.70. The largest absolute Gasteiger partial charge is 0.393 e. The van der Waals surface area contributed by atoms with Crippen LogP contribution in [-0.2, 0) is 13.5 Å². The molecular formula is C15H22N2O. The van der Waals surface area contributed by atoms with Crippen LogP contribution in [0.1, 0.15) is 31.5 Å². The number of rotatable bonds is 4. The fourth-order valence-electron chi connectivity index (χ4n) is 5.01. The van der Waals surface area contributed by atoms with Crippen LogP contribution in [-0.4, -0.2) is 20.8 Å². The summed E-state index contributed by atoms with van der Waals surface area (Å²) in [4.78, 5) is 4.33. The third kappa shape index (κ3) is 1.49. The zero-order valence-corrected chi connectivity index (χ0v) is 11.0. The monoisotopic (exact) mass is 246 g/mol. The molecule has 98 valence electrons. The molecule has 4 rings (SSSR count). The number of aliphatic hydroxyl groups is 1. The summed E-state index contributed by atoms with van der Waals surface area (Å²) in [6.07, 6.45) is 9.89. The van der Waals surface area contributed by atoms with Crippen LogP contribution < -0.4 is 0 Å². The van der Waals surface area contributed by atoms with E-state index in [4.69, 9.17) is 0 Å². The maximum Gasteiger partial charge on any atom is 0.108 e. The second-order valence-corrected chi connectivity index (χ2v) is 6.63. The molecule has 0 radical (unpaired) electrons. The first kappa shape index (κ1) is 11.0. The van der Waals surface area contributed by atoms with Gasteiger partial charge in [0.05, 0.1) is 6.10 Å². The molecule has 1 aromatic rings. The van der Waals surface area contributed by atoms with E-state index in [0.717, 1.165) is 42.3 Å². The fraction of sp³-hybridized carbons (Fsp3) is 0.800. The van der Waals surface area contributed by atoms with Crippen LogP contribution in [0.4, 0.5) is 0 Å². The van der Waals surface area contributed by atoms with Crippen molar-refractivity contribution in [2.75, 3.05) is 0 Å². The zero-order valence-electron chi connectivity index (χ0n) is 11.0. The van der Waals surface area contributed by atoms with Crippen LogP contribution >= 0.6 is 0 Å². The minimum Gasteiger partial charge on any atom is -0.393 e. The van der Waals surface area contributed by atoms with Gasteiger partial charge in [-0.1, -0.05) is 0 Å². The molecule has 1 N–H and O–H groups in total. The summed E-state index contributed by atoms with van der Waals surface area (Å²) in [6.45, 7) is 0. The molecule has 3 aliphatic carbocycles. The number of aromatic nitrogens is 2. The molecule has 0 saturated heterocycles. The van der Waals surface area contributed by atoms with E-state index in [-0.39, 0.29) is 6.10 Å². The quantitative estimate of drug-likeness (QED) is 0.882. The van der Waals surface area contributed by atoms with E-state index < -0.39 is 0 Å². The van der Waals surface area contributed by atoms with Gasteiger partial charge in [-0.25, -0.2) is 4.98 Å². The Morgan fingerprint density at radius 1 is 1.39 bits per heavy atom. The second kappa shape index (κ2) is 3.83. The summed E-state index contributed by atoms with van der Waals surface area (Å²) < 4.78 is 2.06. The summed E-state index contributed by atoms with van der Waals surface area (Å²) in [7, 11) is 2.03. The fourth-order valence-corrected chi connectivity index (χ4v) is 5.01. The highest BCUT2D eigenvalue weighted by Gasteiger charge is 2.66. The molecule has 1 heterocycles. The first-order valence-electron chi connectivity index (χ1n) is 7.40. The third-order valence-electron chi connectivity index (χ3n) is 5.82. The highest BCUT2D eigenvalue weighted by atomic mass is 16.3. The molecule has 3 aliphatic rings. The van der Waals surface area contributed by atoms with Crippen LogP contribution in [0.15, 0.2) is 12.4 Å². The molecule has 3 saturated carbocycles. The predicted octanol–water partition coefficient (Wildman–Crippen LogP) is 2.01. The van der Waals surface area contributed by atoms with E-state index in [1.807, 2.05) is 19.4 Å². The van der Waals surface area contributed by atoms with E-state index in [1.54, 1.807) is 0 Å². The first-order chi connectivity index (χ1) is 8.75. The lowest BCUT2D eigenvalue weighted by atomic mass is 9.96. The minimum atomic E-state index is -0.0832. The molecule has 0 aromatic carbocycles. The van der Waals surface area contributed by atoms with Crippen LogP contribution in [0, 0.1) is 29.6 Å². The van der Waals surface area contributed by atoms with Gasteiger partial charge in [0.25, 0.3) is 0 Å². The standard InChI is InChI=1S/C15H22N2O/c1-17-7-6-16-12(17)5-4-11(18)15-13-9-2-3-10(8-9)14(13)15/h6-7,9-11,13-15,18H,2-5,8H2,1H3. The molecule has 3 fully saturated rings. The third-order valence-corrected chi connectivity index (χ3v) is 5.82. The smallest absolute Gasteiger partial charge is 0.108 e. The second-order valence-electron chi connectivity index (χ2n) is 6.63.